The molecule has 0 radical (unpaired) electrons. The highest BCUT2D eigenvalue weighted by Gasteiger charge is 2.13. The second-order valence-electron chi connectivity index (χ2n) is 4.58. The van der Waals surface area contributed by atoms with E-state index in [1.165, 1.54) is 9.75 Å². The van der Waals surface area contributed by atoms with Gasteiger partial charge in [-0.15, -0.1) is 11.3 Å². The molecule has 1 aromatic carbocycles. The molecule has 0 saturated carbocycles. The molecule has 0 spiro atoms. The summed E-state index contributed by atoms with van der Waals surface area (Å²) in [7, 11) is 1.95. The lowest BCUT2D eigenvalue weighted by Crippen LogP contribution is -2.02. The Morgan fingerprint density at radius 3 is 2.85 bits per heavy atom. The number of ether oxygens (including phenoxy) is 3. The number of fused-ring (bicyclic) bond motifs is 1. The minimum absolute atomic E-state index is 0.309. The summed E-state index contributed by atoms with van der Waals surface area (Å²) in [6, 6.07) is 10.2. The molecule has 2 heterocycles. The summed E-state index contributed by atoms with van der Waals surface area (Å²) in [6.07, 6.45) is 0. The Kier molecular flexibility index (Phi) is 4.20. The van der Waals surface area contributed by atoms with Crippen molar-refractivity contribution < 1.29 is 14.2 Å². The zero-order valence-corrected chi connectivity index (χ0v) is 12.2. The van der Waals surface area contributed by atoms with Gasteiger partial charge in [-0.05, 0) is 36.9 Å². The first kappa shape index (κ1) is 13.4. The number of nitrogens with one attached hydrogen (secondary N) is 1. The third-order valence-electron chi connectivity index (χ3n) is 3.02. The highest BCUT2D eigenvalue weighted by Crippen LogP contribution is 2.32. The van der Waals surface area contributed by atoms with Crippen molar-refractivity contribution in [3.05, 3.63) is 45.6 Å². The Hall–Kier alpha value is -1.56. The average Bonchev–Trinajstić information content (AvgIpc) is 3.08. The lowest BCUT2D eigenvalue weighted by molar-refractivity contribution is 0.109. The van der Waals surface area contributed by atoms with Gasteiger partial charge in [0.1, 0.15) is 0 Å². The molecular weight excluding hydrogens is 274 g/mol. The largest absolute Gasteiger partial charge is 0.454 e. The van der Waals surface area contributed by atoms with Gasteiger partial charge in [-0.25, -0.2) is 0 Å². The van der Waals surface area contributed by atoms with Crippen molar-refractivity contribution in [2.45, 2.75) is 19.8 Å². The molecule has 1 aromatic heterocycles. The number of benzene rings is 1. The highest BCUT2D eigenvalue weighted by atomic mass is 32.1. The van der Waals surface area contributed by atoms with E-state index in [1.807, 2.05) is 25.2 Å². The first-order valence-electron chi connectivity index (χ1n) is 6.53. The van der Waals surface area contributed by atoms with Crippen LogP contribution in [0.5, 0.6) is 11.5 Å². The molecule has 5 heteroatoms. The molecule has 0 unspecified atom stereocenters. The number of hydrogen-bond donors (Lipinski definition) is 1. The van der Waals surface area contributed by atoms with Crippen LogP contribution in [0.4, 0.5) is 0 Å². The van der Waals surface area contributed by atoms with Crippen LogP contribution >= 0.6 is 11.3 Å². The van der Waals surface area contributed by atoms with Crippen molar-refractivity contribution in [2.75, 3.05) is 13.8 Å². The Morgan fingerprint density at radius 1 is 1.10 bits per heavy atom. The molecule has 1 aliphatic heterocycles. The predicted molar refractivity (Wildman–Crippen MR) is 78.1 cm³/mol. The van der Waals surface area contributed by atoms with Gasteiger partial charge in [0.05, 0.1) is 13.2 Å². The Balaban J connectivity index is 1.51. The molecule has 106 valence electrons. The predicted octanol–water partition coefficient (Wildman–Crippen LogP) is 2.91. The summed E-state index contributed by atoms with van der Waals surface area (Å²) in [6.45, 7) is 2.44. The van der Waals surface area contributed by atoms with E-state index in [1.54, 1.807) is 11.3 Å². The number of thiophene rings is 1. The topological polar surface area (TPSA) is 39.7 Å². The lowest BCUT2D eigenvalue weighted by atomic mass is 10.2. The van der Waals surface area contributed by atoms with Gasteiger partial charge < -0.3 is 19.5 Å². The fourth-order valence-corrected chi connectivity index (χ4v) is 3.04. The van der Waals surface area contributed by atoms with Gasteiger partial charge in [0, 0.05) is 16.3 Å². The first-order valence-corrected chi connectivity index (χ1v) is 7.35. The lowest BCUT2D eigenvalue weighted by Gasteiger charge is -2.04. The number of rotatable bonds is 6. The van der Waals surface area contributed by atoms with Gasteiger partial charge in [-0.2, -0.15) is 0 Å². The van der Waals surface area contributed by atoms with Crippen LogP contribution in [0.2, 0.25) is 0 Å². The summed E-state index contributed by atoms with van der Waals surface area (Å²) in [5.41, 5.74) is 1.10. The molecule has 0 aliphatic carbocycles. The van der Waals surface area contributed by atoms with E-state index in [9.17, 15) is 0 Å². The summed E-state index contributed by atoms with van der Waals surface area (Å²) >= 11 is 1.78. The van der Waals surface area contributed by atoms with Crippen molar-refractivity contribution >= 4 is 11.3 Å². The Bertz CT molecular complexity index is 582. The van der Waals surface area contributed by atoms with Gasteiger partial charge in [-0.1, -0.05) is 6.07 Å². The molecule has 0 atom stereocenters. The molecule has 2 aromatic rings. The molecule has 3 rings (SSSR count). The van der Waals surface area contributed by atoms with Crippen LogP contribution in [0.25, 0.3) is 0 Å². The van der Waals surface area contributed by atoms with Crippen molar-refractivity contribution in [1.82, 2.24) is 5.32 Å². The molecule has 0 bridgehead atoms. The second-order valence-corrected chi connectivity index (χ2v) is 5.83. The summed E-state index contributed by atoms with van der Waals surface area (Å²) in [5.74, 6) is 1.61. The average molecular weight is 291 g/mol. The minimum atomic E-state index is 0.309. The van der Waals surface area contributed by atoms with E-state index in [0.717, 1.165) is 23.6 Å². The standard InChI is InChI=1S/C15H17NO3S/c1-16-7-12-3-4-13(20-12)9-17-8-11-2-5-14-15(6-11)19-10-18-14/h2-6,16H,7-10H2,1H3. The Labute approximate surface area is 122 Å². The van der Waals surface area contributed by atoms with E-state index in [-0.39, 0.29) is 0 Å². The molecule has 1 N–H and O–H groups in total. The zero-order valence-electron chi connectivity index (χ0n) is 11.3. The third-order valence-corrected chi connectivity index (χ3v) is 4.08. The molecule has 0 fully saturated rings. The van der Waals surface area contributed by atoms with Gasteiger partial charge in [0.2, 0.25) is 6.79 Å². The smallest absolute Gasteiger partial charge is 0.231 e. The summed E-state index contributed by atoms with van der Waals surface area (Å²) in [4.78, 5) is 2.57. The number of hydrogen-bond acceptors (Lipinski definition) is 5. The fourth-order valence-electron chi connectivity index (χ4n) is 2.07. The summed E-state index contributed by atoms with van der Waals surface area (Å²) < 4.78 is 16.4. The molecule has 0 amide bonds. The maximum atomic E-state index is 5.75. The van der Waals surface area contributed by atoms with E-state index in [0.29, 0.717) is 20.0 Å². The minimum Gasteiger partial charge on any atom is -0.454 e. The maximum absolute atomic E-state index is 5.75. The van der Waals surface area contributed by atoms with Crippen molar-refractivity contribution in [3.63, 3.8) is 0 Å². The molecule has 1 aliphatic rings. The van der Waals surface area contributed by atoms with Gasteiger partial charge in [0.15, 0.2) is 11.5 Å². The van der Waals surface area contributed by atoms with Crippen LogP contribution in [0.1, 0.15) is 15.3 Å². The van der Waals surface area contributed by atoms with E-state index in [2.05, 4.69) is 17.4 Å². The Morgan fingerprint density at radius 2 is 1.95 bits per heavy atom. The van der Waals surface area contributed by atoms with Gasteiger partial charge >= 0.3 is 0 Å². The molecule has 4 nitrogen and oxygen atoms in total. The zero-order chi connectivity index (χ0) is 13.8. The van der Waals surface area contributed by atoms with Crippen LogP contribution < -0.4 is 14.8 Å². The highest BCUT2D eigenvalue weighted by molar-refractivity contribution is 7.11. The monoisotopic (exact) mass is 291 g/mol. The normalized spacial score (nSPS) is 12.8. The molecule has 0 saturated heterocycles. The van der Waals surface area contributed by atoms with Gasteiger partial charge in [-0.3, -0.25) is 0 Å². The van der Waals surface area contributed by atoms with Crippen LogP contribution in [-0.2, 0) is 24.5 Å². The van der Waals surface area contributed by atoms with Gasteiger partial charge in [0.25, 0.3) is 0 Å². The van der Waals surface area contributed by atoms with Crippen LogP contribution in [-0.4, -0.2) is 13.8 Å². The van der Waals surface area contributed by atoms with E-state index >= 15 is 0 Å². The van der Waals surface area contributed by atoms with Crippen LogP contribution in [0.3, 0.4) is 0 Å². The summed E-state index contributed by atoms with van der Waals surface area (Å²) in [5, 5.41) is 3.15. The SMILES string of the molecule is CNCc1ccc(COCc2ccc3c(c2)OCO3)s1. The quantitative estimate of drug-likeness (QED) is 0.888. The van der Waals surface area contributed by atoms with Crippen molar-refractivity contribution in [2.24, 2.45) is 0 Å². The maximum Gasteiger partial charge on any atom is 0.231 e. The van der Waals surface area contributed by atoms with Crippen molar-refractivity contribution in [3.8, 4) is 11.5 Å². The van der Waals surface area contributed by atoms with Crippen LogP contribution in [0.15, 0.2) is 30.3 Å². The third kappa shape index (κ3) is 3.12. The van der Waals surface area contributed by atoms with Crippen LogP contribution in [0, 0.1) is 0 Å². The van der Waals surface area contributed by atoms with E-state index < -0.39 is 0 Å². The van der Waals surface area contributed by atoms with Crippen molar-refractivity contribution in [1.29, 1.82) is 0 Å². The second kappa shape index (κ2) is 6.26. The van der Waals surface area contributed by atoms with E-state index in [4.69, 9.17) is 14.2 Å². The fraction of sp³-hybridized carbons (Fsp3) is 0.333. The molecular formula is C15H17NO3S. The molecule has 20 heavy (non-hydrogen) atoms. The first-order chi connectivity index (χ1) is 9.85.